The molecule has 1 aromatic heterocycles. The van der Waals surface area contributed by atoms with E-state index in [1.807, 2.05) is 46.0 Å². The van der Waals surface area contributed by atoms with Gasteiger partial charge in [0.15, 0.2) is 0 Å². The van der Waals surface area contributed by atoms with Crippen LogP contribution in [0.3, 0.4) is 0 Å². The lowest BCUT2D eigenvalue weighted by atomic mass is 10.0. The first-order chi connectivity index (χ1) is 9.75. The molecule has 1 fully saturated rings. The summed E-state index contributed by atoms with van der Waals surface area (Å²) in [6.45, 7) is 2.30. The Labute approximate surface area is 127 Å². The van der Waals surface area contributed by atoms with Crippen LogP contribution in [0.2, 0.25) is 5.02 Å². The lowest BCUT2D eigenvalue weighted by molar-refractivity contribution is 0.0635. The highest BCUT2D eigenvalue weighted by molar-refractivity contribution is 7.08. The number of hydrogen-bond acceptors (Lipinski definition) is 3. The molecule has 0 aliphatic carbocycles. The highest BCUT2D eigenvalue weighted by Gasteiger charge is 2.28. The van der Waals surface area contributed by atoms with Gasteiger partial charge in [-0.05, 0) is 29.1 Å². The predicted octanol–water partition coefficient (Wildman–Crippen LogP) is 3.19. The third-order valence-corrected chi connectivity index (χ3v) is 4.42. The SMILES string of the molecule is O=C(c1ccsc1)N1CCNCC1c1cccc(Cl)c1. The van der Waals surface area contributed by atoms with Crippen LogP contribution in [0.25, 0.3) is 0 Å². The van der Waals surface area contributed by atoms with Gasteiger partial charge in [-0.3, -0.25) is 4.79 Å². The van der Waals surface area contributed by atoms with E-state index in [-0.39, 0.29) is 11.9 Å². The molecular formula is C15H15ClN2OS. The second-order valence-corrected chi connectivity index (χ2v) is 6.00. The molecule has 1 atom stereocenters. The lowest BCUT2D eigenvalue weighted by Gasteiger charge is -2.36. The summed E-state index contributed by atoms with van der Waals surface area (Å²) in [6.07, 6.45) is 0. The molecular weight excluding hydrogens is 292 g/mol. The molecule has 104 valence electrons. The van der Waals surface area contributed by atoms with Crippen molar-refractivity contribution in [2.45, 2.75) is 6.04 Å². The second kappa shape index (κ2) is 5.95. The Morgan fingerprint density at radius 2 is 2.30 bits per heavy atom. The number of nitrogens with one attached hydrogen (secondary N) is 1. The number of piperazine rings is 1. The Morgan fingerprint density at radius 3 is 3.05 bits per heavy atom. The summed E-state index contributed by atoms with van der Waals surface area (Å²) < 4.78 is 0. The minimum Gasteiger partial charge on any atom is -0.329 e. The maximum Gasteiger partial charge on any atom is 0.255 e. The molecule has 0 bridgehead atoms. The van der Waals surface area contributed by atoms with Gasteiger partial charge in [0.2, 0.25) is 0 Å². The van der Waals surface area contributed by atoms with Crippen LogP contribution in [0.5, 0.6) is 0 Å². The fourth-order valence-electron chi connectivity index (χ4n) is 2.51. The number of benzene rings is 1. The third-order valence-electron chi connectivity index (χ3n) is 3.51. The molecule has 2 heterocycles. The molecule has 3 nitrogen and oxygen atoms in total. The van der Waals surface area contributed by atoms with Gasteiger partial charge in [-0.2, -0.15) is 11.3 Å². The molecule has 1 saturated heterocycles. The normalized spacial score (nSPS) is 19.1. The first-order valence-corrected chi connectivity index (χ1v) is 7.87. The summed E-state index contributed by atoms with van der Waals surface area (Å²) >= 11 is 7.62. The van der Waals surface area contributed by atoms with Crippen LogP contribution in [-0.2, 0) is 0 Å². The highest BCUT2D eigenvalue weighted by Crippen LogP contribution is 2.26. The van der Waals surface area contributed by atoms with E-state index in [2.05, 4.69) is 5.32 Å². The Hall–Kier alpha value is -1.36. The molecule has 1 amide bonds. The van der Waals surface area contributed by atoms with Gasteiger partial charge in [0, 0.05) is 30.0 Å². The van der Waals surface area contributed by atoms with Crippen molar-refractivity contribution in [3.63, 3.8) is 0 Å². The Kier molecular flexibility index (Phi) is 4.05. The van der Waals surface area contributed by atoms with Crippen molar-refractivity contribution in [2.75, 3.05) is 19.6 Å². The number of carbonyl (C=O) groups excluding carboxylic acids is 1. The average Bonchev–Trinajstić information content (AvgIpc) is 3.01. The lowest BCUT2D eigenvalue weighted by Crippen LogP contribution is -2.48. The standard InChI is InChI=1S/C15H15ClN2OS/c16-13-3-1-2-11(8-13)14-9-17-5-6-18(14)15(19)12-4-7-20-10-12/h1-4,7-8,10,14,17H,5-6,9H2. The zero-order valence-corrected chi connectivity index (χ0v) is 12.5. The van der Waals surface area contributed by atoms with E-state index in [0.29, 0.717) is 11.6 Å². The number of thiophene rings is 1. The maximum absolute atomic E-state index is 12.6. The number of rotatable bonds is 2. The summed E-state index contributed by atoms with van der Waals surface area (Å²) in [4.78, 5) is 14.5. The first-order valence-electron chi connectivity index (χ1n) is 6.55. The Morgan fingerprint density at radius 1 is 1.40 bits per heavy atom. The van der Waals surface area contributed by atoms with Gasteiger partial charge < -0.3 is 10.2 Å². The fraction of sp³-hybridized carbons (Fsp3) is 0.267. The van der Waals surface area contributed by atoms with E-state index in [4.69, 9.17) is 11.6 Å². The number of carbonyl (C=O) groups is 1. The minimum atomic E-state index is 0.0369. The average molecular weight is 307 g/mol. The largest absolute Gasteiger partial charge is 0.329 e. The number of nitrogens with zero attached hydrogens (tertiary/aromatic N) is 1. The number of hydrogen-bond donors (Lipinski definition) is 1. The summed E-state index contributed by atoms with van der Waals surface area (Å²) in [5.41, 5.74) is 1.84. The topological polar surface area (TPSA) is 32.3 Å². The van der Waals surface area contributed by atoms with E-state index >= 15 is 0 Å². The smallest absolute Gasteiger partial charge is 0.255 e. The molecule has 5 heteroatoms. The number of halogens is 1. The fourth-order valence-corrected chi connectivity index (χ4v) is 3.34. The maximum atomic E-state index is 12.6. The van der Waals surface area contributed by atoms with Gasteiger partial charge in [0.05, 0.1) is 11.6 Å². The van der Waals surface area contributed by atoms with Crippen LogP contribution < -0.4 is 5.32 Å². The van der Waals surface area contributed by atoms with Gasteiger partial charge >= 0.3 is 0 Å². The molecule has 2 aromatic rings. The molecule has 1 aliphatic heterocycles. The van der Waals surface area contributed by atoms with Crippen LogP contribution in [0.1, 0.15) is 22.0 Å². The molecule has 0 saturated carbocycles. The van der Waals surface area contributed by atoms with Crippen LogP contribution in [0, 0.1) is 0 Å². The number of amides is 1. The molecule has 20 heavy (non-hydrogen) atoms. The van der Waals surface area contributed by atoms with Crippen molar-refractivity contribution < 1.29 is 4.79 Å². The minimum absolute atomic E-state index is 0.0369. The van der Waals surface area contributed by atoms with Crippen LogP contribution >= 0.6 is 22.9 Å². The van der Waals surface area contributed by atoms with Crippen molar-refractivity contribution in [3.8, 4) is 0 Å². The first kappa shape index (κ1) is 13.6. The van der Waals surface area contributed by atoms with E-state index in [9.17, 15) is 4.79 Å². The summed E-state index contributed by atoms with van der Waals surface area (Å²) in [5.74, 6) is 0.0951. The van der Waals surface area contributed by atoms with Crippen LogP contribution in [0.4, 0.5) is 0 Å². The molecule has 1 unspecified atom stereocenters. The monoisotopic (exact) mass is 306 g/mol. The van der Waals surface area contributed by atoms with Crippen LogP contribution in [0.15, 0.2) is 41.1 Å². The zero-order valence-electron chi connectivity index (χ0n) is 10.9. The van der Waals surface area contributed by atoms with Crippen molar-refractivity contribution in [2.24, 2.45) is 0 Å². The highest BCUT2D eigenvalue weighted by atomic mass is 35.5. The van der Waals surface area contributed by atoms with E-state index < -0.39 is 0 Å². The zero-order chi connectivity index (χ0) is 13.9. The predicted molar refractivity (Wildman–Crippen MR) is 82.4 cm³/mol. The Balaban J connectivity index is 1.89. The molecule has 0 spiro atoms. The third kappa shape index (κ3) is 2.73. The molecule has 1 N–H and O–H groups in total. The summed E-state index contributed by atoms with van der Waals surface area (Å²) in [5, 5.41) is 7.89. The second-order valence-electron chi connectivity index (χ2n) is 4.79. The van der Waals surface area contributed by atoms with Gasteiger partial charge in [-0.15, -0.1) is 0 Å². The van der Waals surface area contributed by atoms with Gasteiger partial charge in [-0.25, -0.2) is 0 Å². The Bertz CT molecular complexity index is 600. The van der Waals surface area contributed by atoms with E-state index in [1.165, 1.54) is 0 Å². The summed E-state index contributed by atoms with van der Waals surface area (Å²) in [6, 6.07) is 9.66. The van der Waals surface area contributed by atoms with Crippen LogP contribution in [-0.4, -0.2) is 30.4 Å². The van der Waals surface area contributed by atoms with Gasteiger partial charge in [0.25, 0.3) is 5.91 Å². The van der Waals surface area contributed by atoms with Crippen molar-refractivity contribution >= 4 is 28.8 Å². The quantitative estimate of drug-likeness (QED) is 0.924. The summed E-state index contributed by atoms with van der Waals surface area (Å²) in [7, 11) is 0. The van der Waals surface area contributed by atoms with Crippen molar-refractivity contribution in [3.05, 3.63) is 57.2 Å². The van der Waals surface area contributed by atoms with Gasteiger partial charge in [-0.1, -0.05) is 23.7 Å². The van der Waals surface area contributed by atoms with Gasteiger partial charge in [0.1, 0.15) is 0 Å². The molecule has 0 radical (unpaired) electrons. The van der Waals surface area contributed by atoms with E-state index in [0.717, 1.165) is 24.2 Å². The molecule has 3 rings (SSSR count). The molecule has 1 aliphatic rings. The molecule has 1 aromatic carbocycles. The van der Waals surface area contributed by atoms with Crippen molar-refractivity contribution in [1.82, 2.24) is 10.2 Å². The van der Waals surface area contributed by atoms with E-state index in [1.54, 1.807) is 11.3 Å². The van der Waals surface area contributed by atoms with Crippen molar-refractivity contribution in [1.29, 1.82) is 0 Å².